The molecule has 4 heteroatoms. The fourth-order valence-electron chi connectivity index (χ4n) is 2.57. The summed E-state index contributed by atoms with van der Waals surface area (Å²) in [6.07, 6.45) is 1.73. The Hall–Kier alpha value is -1.55. The molecule has 1 saturated heterocycles. The summed E-state index contributed by atoms with van der Waals surface area (Å²) in [5.41, 5.74) is 7.77. The second-order valence-corrected chi connectivity index (χ2v) is 5.10. The Morgan fingerprint density at radius 1 is 1.47 bits per heavy atom. The predicted octanol–water partition coefficient (Wildman–Crippen LogP) is 1.91. The van der Waals surface area contributed by atoms with Crippen molar-refractivity contribution in [2.24, 2.45) is 11.7 Å². The number of ether oxygens (including phenoxy) is 1. The van der Waals surface area contributed by atoms with Crippen LogP contribution < -0.4 is 10.5 Å². The lowest BCUT2D eigenvalue weighted by molar-refractivity contribution is -0.128. The van der Waals surface area contributed by atoms with Gasteiger partial charge in [0.2, 0.25) is 5.91 Å². The smallest absolute Gasteiger partial charge is 0.223 e. The van der Waals surface area contributed by atoms with Crippen LogP contribution in [0.15, 0.2) is 18.2 Å². The maximum Gasteiger partial charge on any atom is 0.223 e. The van der Waals surface area contributed by atoms with E-state index in [1.807, 2.05) is 23.1 Å². The first-order chi connectivity index (χ1) is 9.17. The molecule has 1 aromatic carbocycles. The van der Waals surface area contributed by atoms with Gasteiger partial charge < -0.3 is 15.4 Å². The van der Waals surface area contributed by atoms with Crippen LogP contribution in [0.25, 0.3) is 0 Å². The molecular formula is C15H22N2O2. The molecular weight excluding hydrogens is 240 g/mol. The van der Waals surface area contributed by atoms with E-state index in [2.05, 4.69) is 6.92 Å². The molecule has 1 fully saturated rings. The molecule has 1 aromatic rings. The lowest BCUT2D eigenvalue weighted by Crippen LogP contribution is -2.25. The van der Waals surface area contributed by atoms with E-state index in [-0.39, 0.29) is 5.91 Å². The zero-order chi connectivity index (χ0) is 13.8. The number of amides is 1. The predicted molar refractivity (Wildman–Crippen MR) is 74.7 cm³/mol. The van der Waals surface area contributed by atoms with E-state index in [1.165, 1.54) is 0 Å². The van der Waals surface area contributed by atoms with E-state index in [0.29, 0.717) is 25.4 Å². The first-order valence-corrected chi connectivity index (χ1v) is 6.81. The Kier molecular flexibility index (Phi) is 4.43. The third-order valence-electron chi connectivity index (χ3n) is 3.81. The highest BCUT2D eigenvalue weighted by atomic mass is 16.5. The number of hydrogen-bond donors (Lipinski definition) is 1. The molecule has 104 valence electrons. The van der Waals surface area contributed by atoms with Crippen molar-refractivity contribution in [3.05, 3.63) is 29.3 Å². The normalized spacial score (nSPS) is 19.0. The molecule has 2 rings (SSSR count). The second kappa shape index (κ2) is 6.06. The van der Waals surface area contributed by atoms with Gasteiger partial charge in [-0.3, -0.25) is 4.79 Å². The fraction of sp³-hybridized carbons (Fsp3) is 0.533. The molecule has 0 aromatic heterocycles. The number of methoxy groups -OCH3 is 1. The largest absolute Gasteiger partial charge is 0.496 e. The fourth-order valence-corrected chi connectivity index (χ4v) is 2.57. The van der Waals surface area contributed by atoms with Crippen LogP contribution in [-0.2, 0) is 17.9 Å². The third kappa shape index (κ3) is 3.07. The molecule has 1 unspecified atom stereocenters. The van der Waals surface area contributed by atoms with Crippen molar-refractivity contribution in [1.29, 1.82) is 0 Å². The highest BCUT2D eigenvalue weighted by Gasteiger charge is 2.28. The Morgan fingerprint density at radius 3 is 2.84 bits per heavy atom. The number of likely N-dealkylation sites (tertiary alicyclic amines) is 1. The van der Waals surface area contributed by atoms with Crippen molar-refractivity contribution in [1.82, 2.24) is 4.90 Å². The quantitative estimate of drug-likeness (QED) is 0.882. The SMILES string of the molecule is CCC1CC(=O)N(Cc2cc(CN)ccc2OC)C1. The average Bonchev–Trinajstić information content (AvgIpc) is 2.79. The molecule has 0 radical (unpaired) electrons. The molecule has 0 aliphatic carbocycles. The summed E-state index contributed by atoms with van der Waals surface area (Å²) >= 11 is 0. The second-order valence-electron chi connectivity index (χ2n) is 5.10. The maximum atomic E-state index is 12.0. The van der Waals surface area contributed by atoms with Crippen LogP contribution in [0.4, 0.5) is 0 Å². The summed E-state index contributed by atoms with van der Waals surface area (Å²) in [6.45, 7) is 4.11. The first-order valence-electron chi connectivity index (χ1n) is 6.81. The van der Waals surface area contributed by atoms with Gasteiger partial charge in [-0.2, -0.15) is 0 Å². The van der Waals surface area contributed by atoms with Crippen molar-refractivity contribution in [2.75, 3.05) is 13.7 Å². The van der Waals surface area contributed by atoms with Gasteiger partial charge in [0.05, 0.1) is 7.11 Å². The minimum atomic E-state index is 0.243. The molecule has 4 nitrogen and oxygen atoms in total. The summed E-state index contributed by atoms with van der Waals surface area (Å²) in [6, 6.07) is 5.92. The van der Waals surface area contributed by atoms with E-state index in [1.54, 1.807) is 7.11 Å². The molecule has 0 bridgehead atoms. The summed E-state index contributed by atoms with van der Waals surface area (Å²) in [5, 5.41) is 0. The van der Waals surface area contributed by atoms with E-state index < -0.39 is 0 Å². The Morgan fingerprint density at radius 2 is 2.26 bits per heavy atom. The minimum absolute atomic E-state index is 0.243. The number of rotatable bonds is 5. The molecule has 2 N–H and O–H groups in total. The number of hydrogen-bond acceptors (Lipinski definition) is 3. The third-order valence-corrected chi connectivity index (χ3v) is 3.81. The van der Waals surface area contributed by atoms with Gasteiger partial charge in [0.1, 0.15) is 5.75 Å². The summed E-state index contributed by atoms with van der Waals surface area (Å²) in [4.78, 5) is 13.9. The molecule has 1 aliphatic heterocycles. The van der Waals surface area contributed by atoms with Gasteiger partial charge in [-0.1, -0.05) is 19.4 Å². The minimum Gasteiger partial charge on any atom is -0.496 e. The van der Waals surface area contributed by atoms with E-state index >= 15 is 0 Å². The number of nitrogens with zero attached hydrogens (tertiary/aromatic N) is 1. The van der Waals surface area contributed by atoms with Crippen molar-refractivity contribution in [3.8, 4) is 5.75 Å². The molecule has 0 saturated carbocycles. The van der Waals surface area contributed by atoms with Gasteiger partial charge in [-0.25, -0.2) is 0 Å². The Labute approximate surface area is 114 Å². The van der Waals surface area contributed by atoms with Gasteiger partial charge in [0, 0.05) is 31.6 Å². The zero-order valence-corrected chi connectivity index (χ0v) is 11.7. The van der Waals surface area contributed by atoms with Crippen molar-refractivity contribution >= 4 is 5.91 Å². The Balaban J connectivity index is 2.16. The molecule has 1 amide bonds. The van der Waals surface area contributed by atoms with Gasteiger partial charge in [-0.15, -0.1) is 0 Å². The zero-order valence-electron chi connectivity index (χ0n) is 11.7. The van der Waals surface area contributed by atoms with Crippen molar-refractivity contribution < 1.29 is 9.53 Å². The van der Waals surface area contributed by atoms with Gasteiger partial charge in [0.15, 0.2) is 0 Å². The van der Waals surface area contributed by atoms with E-state index in [9.17, 15) is 4.79 Å². The number of benzene rings is 1. The maximum absolute atomic E-state index is 12.0. The monoisotopic (exact) mass is 262 g/mol. The molecule has 19 heavy (non-hydrogen) atoms. The molecule has 1 atom stereocenters. The van der Waals surface area contributed by atoms with Crippen molar-refractivity contribution in [3.63, 3.8) is 0 Å². The van der Waals surface area contributed by atoms with Crippen LogP contribution in [0.3, 0.4) is 0 Å². The standard InChI is InChI=1S/C15H22N2O2/c1-3-11-7-15(18)17(9-11)10-13-6-12(8-16)4-5-14(13)19-2/h4-6,11H,3,7-10,16H2,1-2H3. The number of carbonyl (C=O) groups is 1. The lowest BCUT2D eigenvalue weighted by Gasteiger charge is -2.19. The number of nitrogens with two attached hydrogens (primary N) is 1. The van der Waals surface area contributed by atoms with Crippen LogP contribution in [-0.4, -0.2) is 24.5 Å². The highest BCUT2D eigenvalue weighted by molar-refractivity contribution is 5.78. The average molecular weight is 262 g/mol. The molecule has 1 heterocycles. The highest BCUT2D eigenvalue weighted by Crippen LogP contribution is 2.26. The first kappa shape index (κ1) is 13.9. The lowest BCUT2D eigenvalue weighted by atomic mass is 10.1. The molecule has 0 spiro atoms. The van der Waals surface area contributed by atoms with Crippen LogP contribution in [0.1, 0.15) is 30.9 Å². The van der Waals surface area contributed by atoms with Crippen LogP contribution >= 0.6 is 0 Å². The Bertz CT molecular complexity index is 459. The van der Waals surface area contributed by atoms with Crippen LogP contribution in [0, 0.1) is 5.92 Å². The molecule has 1 aliphatic rings. The van der Waals surface area contributed by atoms with Gasteiger partial charge >= 0.3 is 0 Å². The van der Waals surface area contributed by atoms with E-state index in [0.717, 1.165) is 29.8 Å². The summed E-state index contributed by atoms with van der Waals surface area (Å²) in [5.74, 6) is 1.56. The van der Waals surface area contributed by atoms with Gasteiger partial charge in [-0.05, 0) is 23.6 Å². The van der Waals surface area contributed by atoms with Crippen molar-refractivity contribution in [2.45, 2.75) is 32.9 Å². The number of carbonyl (C=O) groups excluding carboxylic acids is 1. The summed E-state index contributed by atoms with van der Waals surface area (Å²) in [7, 11) is 1.65. The van der Waals surface area contributed by atoms with E-state index in [4.69, 9.17) is 10.5 Å². The van der Waals surface area contributed by atoms with Crippen LogP contribution in [0.2, 0.25) is 0 Å². The van der Waals surface area contributed by atoms with Gasteiger partial charge in [0.25, 0.3) is 0 Å². The van der Waals surface area contributed by atoms with Crippen LogP contribution in [0.5, 0.6) is 5.75 Å². The topological polar surface area (TPSA) is 55.6 Å². The summed E-state index contributed by atoms with van der Waals surface area (Å²) < 4.78 is 5.36.